The molecule has 1 aromatic carbocycles. The minimum absolute atomic E-state index is 0.0306. The van der Waals surface area contributed by atoms with Crippen LogP contribution in [0.5, 0.6) is 0 Å². The van der Waals surface area contributed by atoms with E-state index in [-0.39, 0.29) is 48.9 Å². The van der Waals surface area contributed by atoms with Crippen molar-refractivity contribution < 1.29 is 37.4 Å². The standard InChI is InChI=1S/C29H32F3N5O5S/c1-5-42-25(38)21-18(34-23(24-33-9-10-43-24)35-22(21)16-7-6-8-17(30)15(16)2)11-36-12-19(31)29(32)20(36)13-37(26(29)39)14-28(3,4)27(40)41/h6-10,19-20,22H,5,11-14H2,1-4H3,(H,34,35)(H,40,41)/t19-,20+,22-,29-/m0/s1. The third kappa shape index (κ3) is 5.30. The molecule has 4 heterocycles. The van der Waals surface area contributed by atoms with E-state index in [2.05, 4.69) is 10.3 Å². The van der Waals surface area contributed by atoms with E-state index in [9.17, 15) is 23.9 Å². The number of esters is 1. The second kappa shape index (κ2) is 11.4. The van der Waals surface area contributed by atoms with Crippen molar-refractivity contribution in [1.82, 2.24) is 20.1 Å². The Morgan fingerprint density at radius 1 is 1.30 bits per heavy atom. The van der Waals surface area contributed by atoms with Crippen LogP contribution >= 0.6 is 11.3 Å². The molecule has 0 unspecified atom stereocenters. The number of carboxylic acid groups (broad SMARTS) is 1. The number of fused-ring (bicyclic) bond motifs is 1. The van der Waals surface area contributed by atoms with Crippen LogP contribution in [0.25, 0.3) is 0 Å². The van der Waals surface area contributed by atoms with Gasteiger partial charge in [-0.05, 0) is 44.9 Å². The van der Waals surface area contributed by atoms with E-state index in [1.54, 1.807) is 31.5 Å². The molecular formula is C29H32F3N5O5S. The molecule has 1 aromatic heterocycles. The van der Waals surface area contributed by atoms with Crippen LogP contribution in [0.15, 0.2) is 46.0 Å². The molecule has 5 rings (SSSR count). The van der Waals surface area contributed by atoms with Crippen LogP contribution in [-0.2, 0) is 19.1 Å². The summed E-state index contributed by atoms with van der Waals surface area (Å²) in [6.45, 7) is 4.84. The molecule has 0 radical (unpaired) electrons. The van der Waals surface area contributed by atoms with Crippen molar-refractivity contribution in [2.75, 3.05) is 32.8 Å². The molecular weight excluding hydrogens is 587 g/mol. The van der Waals surface area contributed by atoms with Gasteiger partial charge in [0.15, 0.2) is 17.0 Å². The zero-order chi connectivity index (χ0) is 31.3. The Bertz CT molecular complexity index is 1510. The molecule has 2 aromatic rings. The summed E-state index contributed by atoms with van der Waals surface area (Å²) in [5, 5.41) is 14.9. The summed E-state index contributed by atoms with van der Waals surface area (Å²) in [5.74, 6) is -3.24. The number of amidine groups is 1. The van der Waals surface area contributed by atoms with Gasteiger partial charge < -0.3 is 20.1 Å². The number of likely N-dealkylation sites (tertiary alicyclic amines) is 2. The maximum absolute atomic E-state index is 16.3. The quantitative estimate of drug-likeness (QED) is 0.411. The summed E-state index contributed by atoms with van der Waals surface area (Å²) in [7, 11) is 0. The monoisotopic (exact) mass is 619 g/mol. The predicted octanol–water partition coefficient (Wildman–Crippen LogP) is 3.18. The zero-order valence-electron chi connectivity index (χ0n) is 24.1. The van der Waals surface area contributed by atoms with Crippen LogP contribution in [0.4, 0.5) is 13.2 Å². The topological polar surface area (TPSA) is 124 Å². The zero-order valence-corrected chi connectivity index (χ0v) is 24.9. The van der Waals surface area contributed by atoms with Crippen molar-refractivity contribution in [1.29, 1.82) is 0 Å². The molecule has 14 heteroatoms. The van der Waals surface area contributed by atoms with Gasteiger partial charge in [-0.3, -0.25) is 19.5 Å². The number of thiazole rings is 1. The lowest BCUT2D eigenvalue weighted by molar-refractivity contribution is -0.150. The van der Waals surface area contributed by atoms with E-state index < -0.39 is 59.5 Å². The number of rotatable bonds is 9. The Hall–Kier alpha value is -3.78. The lowest BCUT2D eigenvalue weighted by Gasteiger charge is -2.32. The van der Waals surface area contributed by atoms with E-state index in [1.807, 2.05) is 0 Å². The summed E-state index contributed by atoms with van der Waals surface area (Å²) in [6, 6.07) is 2.16. The average Bonchev–Trinajstić information content (AvgIpc) is 3.63. The highest BCUT2D eigenvalue weighted by atomic mass is 32.1. The molecule has 1 amide bonds. The first-order chi connectivity index (χ1) is 20.3. The maximum atomic E-state index is 16.3. The summed E-state index contributed by atoms with van der Waals surface area (Å²) >= 11 is 1.27. The van der Waals surface area contributed by atoms with Crippen LogP contribution in [0.1, 0.15) is 42.9 Å². The van der Waals surface area contributed by atoms with Gasteiger partial charge in [0, 0.05) is 43.5 Å². The van der Waals surface area contributed by atoms with E-state index >= 15 is 8.78 Å². The maximum Gasteiger partial charge on any atom is 0.338 e. The van der Waals surface area contributed by atoms with E-state index in [0.717, 1.165) is 4.90 Å². The Morgan fingerprint density at radius 3 is 2.70 bits per heavy atom. The summed E-state index contributed by atoms with van der Waals surface area (Å²) in [5.41, 5.74) is -3.35. The van der Waals surface area contributed by atoms with Gasteiger partial charge in [0.2, 0.25) is 5.67 Å². The van der Waals surface area contributed by atoms with Gasteiger partial charge in [0.25, 0.3) is 5.91 Å². The normalized spacial score (nSPS) is 25.9. The number of nitrogens with zero attached hydrogens (tertiary/aromatic N) is 4. The third-order valence-corrected chi connectivity index (χ3v) is 8.95. The highest BCUT2D eigenvalue weighted by Crippen LogP contribution is 2.44. The third-order valence-electron chi connectivity index (χ3n) is 8.17. The molecule has 0 aliphatic carbocycles. The smallest absolute Gasteiger partial charge is 0.338 e. The van der Waals surface area contributed by atoms with Crippen molar-refractivity contribution in [3.8, 4) is 0 Å². The number of ether oxygens (including phenoxy) is 1. The van der Waals surface area contributed by atoms with E-state index in [1.165, 1.54) is 42.2 Å². The fourth-order valence-electron chi connectivity index (χ4n) is 5.82. The van der Waals surface area contributed by atoms with Crippen LogP contribution in [0.2, 0.25) is 0 Å². The minimum Gasteiger partial charge on any atom is -0.481 e. The summed E-state index contributed by atoms with van der Waals surface area (Å²) in [6.07, 6.45) is -0.619. The number of amides is 1. The van der Waals surface area contributed by atoms with Gasteiger partial charge in [-0.15, -0.1) is 11.3 Å². The number of carboxylic acids is 1. The Balaban J connectivity index is 1.56. The van der Waals surface area contributed by atoms with Crippen molar-refractivity contribution in [2.45, 2.75) is 51.6 Å². The van der Waals surface area contributed by atoms with Crippen LogP contribution in [0, 0.1) is 18.2 Å². The fraction of sp³-hybridized carbons (Fsp3) is 0.483. The molecule has 2 saturated heterocycles. The predicted molar refractivity (Wildman–Crippen MR) is 151 cm³/mol. The molecule has 4 atom stereocenters. The van der Waals surface area contributed by atoms with Gasteiger partial charge in [-0.25, -0.2) is 22.9 Å². The number of aliphatic imine (C=N–C) groups is 1. The van der Waals surface area contributed by atoms with Crippen LogP contribution in [0.3, 0.4) is 0 Å². The highest BCUT2D eigenvalue weighted by molar-refractivity contribution is 7.11. The number of carbonyl (C=O) groups excluding carboxylic acids is 2. The van der Waals surface area contributed by atoms with Gasteiger partial charge >= 0.3 is 11.9 Å². The molecule has 0 saturated carbocycles. The SMILES string of the molecule is CCOC(=O)C1=C(CN2C[C@H](F)[C@@]3(F)C(=O)N(CC(C)(C)C(=O)O)C[C@@H]23)NC(c2nccs2)=N[C@H]1c1cccc(F)c1C. The Morgan fingerprint density at radius 2 is 2.05 bits per heavy atom. The number of aliphatic carboxylic acids is 1. The molecule has 230 valence electrons. The average molecular weight is 620 g/mol. The van der Waals surface area contributed by atoms with E-state index in [0.29, 0.717) is 10.6 Å². The molecule has 10 nitrogen and oxygen atoms in total. The number of aromatic nitrogens is 1. The van der Waals surface area contributed by atoms with Gasteiger partial charge in [0.1, 0.15) is 11.9 Å². The molecule has 43 heavy (non-hydrogen) atoms. The molecule has 3 aliphatic rings. The van der Waals surface area contributed by atoms with Crippen molar-refractivity contribution in [3.63, 3.8) is 0 Å². The highest BCUT2D eigenvalue weighted by Gasteiger charge is 2.67. The first-order valence-electron chi connectivity index (χ1n) is 13.8. The minimum atomic E-state index is -2.89. The second-order valence-corrected chi connectivity index (χ2v) is 12.4. The molecule has 0 spiro atoms. The largest absolute Gasteiger partial charge is 0.481 e. The lowest BCUT2D eigenvalue weighted by atomic mass is 9.92. The number of nitrogens with one attached hydrogen (secondary N) is 1. The second-order valence-electron chi connectivity index (χ2n) is 11.5. The first kappa shape index (κ1) is 30.7. The number of carbonyl (C=O) groups is 3. The van der Waals surface area contributed by atoms with Gasteiger partial charge in [-0.2, -0.15) is 0 Å². The van der Waals surface area contributed by atoms with Gasteiger partial charge in [0.05, 0.1) is 23.6 Å². The number of benzene rings is 1. The number of alkyl halides is 2. The molecule has 0 bridgehead atoms. The van der Waals surface area contributed by atoms with Crippen molar-refractivity contribution in [3.05, 3.63) is 63.0 Å². The summed E-state index contributed by atoms with van der Waals surface area (Å²) in [4.78, 5) is 49.8. The lowest BCUT2D eigenvalue weighted by Crippen LogP contribution is -2.48. The van der Waals surface area contributed by atoms with Crippen molar-refractivity contribution >= 4 is 35.0 Å². The Labute approximate surface area is 250 Å². The number of hydrogen-bond acceptors (Lipinski definition) is 9. The summed E-state index contributed by atoms with van der Waals surface area (Å²) < 4.78 is 51.8. The molecule has 2 fully saturated rings. The van der Waals surface area contributed by atoms with Crippen LogP contribution in [-0.4, -0.2) is 94.2 Å². The molecule has 2 N–H and O–H groups in total. The first-order valence-corrected chi connectivity index (χ1v) is 14.7. The van der Waals surface area contributed by atoms with Gasteiger partial charge in [-0.1, -0.05) is 12.1 Å². The number of hydrogen-bond donors (Lipinski definition) is 2. The van der Waals surface area contributed by atoms with Crippen LogP contribution < -0.4 is 5.32 Å². The van der Waals surface area contributed by atoms with Crippen molar-refractivity contribution in [2.24, 2.45) is 10.4 Å². The fourth-order valence-corrected chi connectivity index (χ4v) is 6.41. The number of halogens is 3. The Kier molecular flexibility index (Phi) is 8.11. The molecule has 3 aliphatic heterocycles. The van der Waals surface area contributed by atoms with E-state index in [4.69, 9.17) is 9.73 Å².